The quantitative estimate of drug-likeness (QED) is 0.726. The van der Waals surface area contributed by atoms with Gasteiger partial charge in [-0.1, -0.05) is 0 Å². The lowest BCUT2D eigenvalue weighted by Crippen LogP contribution is -2.28. The summed E-state index contributed by atoms with van der Waals surface area (Å²) in [7, 11) is 0. The summed E-state index contributed by atoms with van der Waals surface area (Å²) in [6.07, 6.45) is 5.24. The minimum Gasteiger partial charge on any atom is -0.490 e. The van der Waals surface area contributed by atoms with Gasteiger partial charge in [-0.3, -0.25) is 4.79 Å². The average molecular weight is 392 g/mol. The molecule has 2 N–H and O–H groups in total. The second kappa shape index (κ2) is 7.11. The van der Waals surface area contributed by atoms with E-state index in [2.05, 4.69) is 9.97 Å². The van der Waals surface area contributed by atoms with Gasteiger partial charge in [0, 0.05) is 49.9 Å². The highest BCUT2D eigenvalue weighted by Gasteiger charge is 2.32. The number of likely N-dealkylation sites (tertiary alicyclic amines) is 1. The van der Waals surface area contributed by atoms with E-state index in [0.717, 1.165) is 46.6 Å². The number of nitrogens with two attached hydrogens (primary N) is 1. The van der Waals surface area contributed by atoms with Crippen molar-refractivity contribution in [2.75, 3.05) is 19.6 Å². The van der Waals surface area contributed by atoms with Gasteiger partial charge in [-0.2, -0.15) is 5.10 Å². The molecule has 2 aliphatic heterocycles. The highest BCUT2D eigenvalue weighted by Crippen LogP contribution is 2.33. The number of rotatable bonds is 4. The smallest absolute Gasteiger partial charge is 0.253 e. The van der Waals surface area contributed by atoms with Crippen LogP contribution in [0, 0.1) is 0 Å². The van der Waals surface area contributed by atoms with Gasteiger partial charge < -0.3 is 15.4 Å². The van der Waals surface area contributed by atoms with Crippen LogP contribution in [0.2, 0.25) is 0 Å². The Kier molecular flexibility index (Phi) is 4.43. The summed E-state index contributed by atoms with van der Waals surface area (Å²) < 4.78 is 7.57. The maximum Gasteiger partial charge on any atom is 0.253 e. The first-order chi connectivity index (χ1) is 14.1. The standard InChI is InChI=1S/C21H24N6O2/c1-13-10-16-11-14(2-3-17(16)29-13)21(28)26-8-4-15(12-26)18-19-20(24-7-6-23-19)27(25-18)9-5-22/h2-3,6-7,11,13,15H,4-5,8-10,12,22H2,1H3/t13-,15-/m0/s1. The number of amides is 1. The third kappa shape index (κ3) is 3.13. The number of ether oxygens (including phenoxy) is 1. The second-order valence-corrected chi connectivity index (χ2v) is 7.82. The highest BCUT2D eigenvalue weighted by atomic mass is 16.5. The summed E-state index contributed by atoms with van der Waals surface area (Å²) in [6, 6.07) is 5.76. The molecular weight excluding hydrogens is 368 g/mol. The average Bonchev–Trinajstić information content (AvgIpc) is 3.43. The molecule has 8 nitrogen and oxygen atoms in total. The topological polar surface area (TPSA) is 99.2 Å². The molecule has 1 saturated heterocycles. The Morgan fingerprint density at radius 3 is 3.03 bits per heavy atom. The fraction of sp³-hybridized carbons (Fsp3) is 0.429. The number of carbonyl (C=O) groups is 1. The van der Waals surface area contributed by atoms with Gasteiger partial charge in [0.15, 0.2) is 5.65 Å². The van der Waals surface area contributed by atoms with Crippen LogP contribution in [-0.2, 0) is 13.0 Å². The first kappa shape index (κ1) is 18.1. The maximum absolute atomic E-state index is 13.1. The van der Waals surface area contributed by atoms with E-state index in [4.69, 9.17) is 15.6 Å². The van der Waals surface area contributed by atoms with Gasteiger partial charge in [0.25, 0.3) is 5.91 Å². The number of nitrogens with zero attached hydrogens (tertiary/aromatic N) is 5. The molecule has 4 heterocycles. The largest absolute Gasteiger partial charge is 0.490 e. The van der Waals surface area contributed by atoms with Crippen molar-refractivity contribution in [2.45, 2.75) is 38.3 Å². The summed E-state index contributed by atoms with van der Waals surface area (Å²) in [6.45, 7) is 4.47. The van der Waals surface area contributed by atoms with E-state index < -0.39 is 0 Å². The van der Waals surface area contributed by atoms with Crippen LogP contribution < -0.4 is 10.5 Å². The van der Waals surface area contributed by atoms with Crippen LogP contribution >= 0.6 is 0 Å². The Labute approximate surface area is 168 Å². The van der Waals surface area contributed by atoms with E-state index in [-0.39, 0.29) is 17.9 Å². The van der Waals surface area contributed by atoms with Gasteiger partial charge >= 0.3 is 0 Å². The number of fused-ring (bicyclic) bond motifs is 2. The molecular formula is C21H24N6O2. The maximum atomic E-state index is 13.1. The molecule has 0 unspecified atom stereocenters. The zero-order valence-corrected chi connectivity index (χ0v) is 16.4. The van der Waals surface area contributed by atoms with Crippen LogP contribution in [0.15, 0.2) is 30.6 Å². The van der Waals surface area contributed by atoms with Crippen LogP contribution in [0.5, 0.6) is 5.75 Å². The summed E-state index contributed by atoms with van der Waals surface area (Å²) >= 11 is 0. The van der Waals surface area contributed by atoms with Crippen molar-refractivity contribution in [3.63, 3.8) is 0 Å². The predicted molar refractivity (Wildman–Crippen MR) is 108 cm³/mol. The zero-order valence-electron chi connectivity index (χ0n) is 16.4. The van der Waals surface area contributed by atoms with E-state index in [1.165, 1.54) is 0 Å². The van der Waals surface area contributed by atoms with Crippen molar-refractivity contribution in [3.8, 4) is 5.75 Å². The molecule has 2 atom stereocenters. The van der Waals surface area contributed by atoms with Gasteiger partial charge in [0.2, 0.25) is 0 Å². The van der Waals surface area contributed by atoms with E-state index in [9.17, 15) is 4.79 Å². The van der Waals surface area contributed by atoms with E-state index in [1.54, 1.807) is 12.4 Å². The van der Waals surface area contributed by atoms with Crippen LogP contribution in [0.4, 0.5) is 0 Å². The Bertz CT molecular complexity index is 1080. The molecule has 1 amide bonds. The molecule has 0 saturated carbocycles. The zero-order chi connectivity index (χ0) is 20.0. The summed E-state index contributed by atoms with van der Waals surface area (Å²) in [5.74, 6) is 1.10. The lowest BCUT2D eigenvalue weighted by molar-refractivity contribution is 0.0790. The molecule has 150 valence electrons. The normalized spacial score (nSPS) is 20.8. The van der Waals surface area contributed by atoms with Crippen molar-refractivity contribution in [1.29, 1.82) is 0 Å². The van der Waals surface area contributed by atoms with Gasteiger partial charge in [0.05, 0.1) is 12.2 Å². The first-order valence-corrected chi connectivity index (χ1v) is 10.1. The van der Waals surface area contributed by atoms with Gasteiger partial charge in [-0.25, -0.2) is 14.6 Å². The molecule has 29 heavy (non-hydrogen) atoms. The van der Waals surface area contributed by atoms with Crippen molar-refractivity contribution in [1.82, 2.24) is 24.6 Å². The molecule has 5 rings (SSSR count). The Balaban J connectivity index is 1.37. The van der Waals surface area contributed by atoms with Crippen LogP contribution in [0.25, 0.3) is 11.2 Å². The second-order valence-electron chi connectivity index (χ2n) is 7.82. The minimum absolute atomic E-state index is 0.0617. The van der Waals surface area contributed by atoms with Gasteiger partial charge in [0.1, 0.15) is 17.4 Å². The highest BCUT2D eigenvalue weighted by molar-refractivity contribution is 5.95. The summed E-state index contributed by atoms with van der Waals surface area (Å²) in [5, 5.41) is 4.74. The van der Waals surface area contributed by atoms with Gasteiger partial charge in [-0.05, 0) is 37.1 Å². The Hall–Kier alpha value is -3.00. The van der Waals surface area contributed by atoms with Crippen LogP contribution in [-0.4, -0.2) is 56.3 Å². The van der Waals surface area contributed by atoms with Crippen molar-refractivity contribution >= 4 is 17.1 Å². The van der Waals surface area contributed by atoms with E-state index in [0.29, 0.717) is 26.2 Å². The molecule has 3 aromatic rings. The molecule has 0 radical (unpaired) electrons. The Morgan fingerprint density at radius 2 is 2.17 bits per heavy atom. The molecule has 1 aromatic carbocycles. The molecule has 8 heteroatoms. The molecule has 0 spiro atoms. The number of carbonyl (C=O) groups excluding carboxylic acids is 1. The lowest BCUT2D eigenvalue weighted by Gasteiger charge is -2.16. The lowest BCUT2D eigenvalue weighted by atomic mass is 10.0. The first-order valence-electron chi connectivity index (χ1n) is 10.1. The Morgan fingerprint density at radius 1 is 1.31 bits per heavy atom. The van der Waals surface area contributed by atoms with Crippen molar-refractivity contribution in [2.24, 2.45) is 5.73 Å². The molecule has 0 bridgehead atoms. The van der Waals surface area contributed by atoms with Crippen molar-refractivity contribution < 1.29 is 9.53 Å². The van der Waals surface area contributed by atoms with Crippen molar-refractivity contribution in [3.05, 3.63) is 47.4 Å². The molecule has 1 fully saturated rings. The number of hydrogen-bond donors (Lipinski definition) is 1. The molecule has 2 aliphatic rings. The fourth-order valence-electron chi connectivity index (χ4n) is 4.38. The molecule has 2 aromatic heterocycles. The minimum atomic E-state index is 0.0617. The third-order valence-electron chi connectivity index (χ3n) is 5.74. The number of aromatic nitrogens is 4. The summed E-state index contributed by atoms with van der Waals surface area (Å²) in [4.78, 5) is 23.9. The fourth-order valence-corrected chi connectivity index (χ4v) is 4.38. The SMILES string of the molecule is C[C@H]1Cc2cc(C(=O)N3CC[C@H](c4nn(CCN)c5nccnc45)C3)ccc2O1. The van der Waals surface area contributed by atoms with Crippen LogP contribution in [0.3, 0.4) is 0 Å². The van der Waals surface area contributed by atoms with E-state index in [1.807, 2.05) is 34.7 Å². The van der Waals surface area contributed by atoms with Crippen LogP contribution in [0.1, 0.15) is 40.9 Å². The van der Waals surface area contributed by atoms with Gasteiger partial charge in [-0.15, -0.1) is 0 Å². The number of hydrogen-bond acceptors (Lipinski definition) is 6. The predicted octanol–water partition coefficient (Wildman–Crippen LogP) is 1.74. The molecule has 0 aliphatic carbocycles. The summed E-state index contributed by atoms with van der Waals surface area (Å²) in [5.41, 5.74) is 10.0. The van der Waals surface area contributed by atoms with E-state index >= 15 is 0 Å². The number of benzene rings is 1. The monoisotopic (exact) mass is 392 g/mol. The third-order valence-corrected chi connectivity index (χ3v) is 5.74.